The molecular weight excluding hydrogens is 278 g/mol. The summed E-state index contributed by atoms with van der Waals surface area (Å²) in [5, 5.41) is 0.760. The number of hydrogen-bond donors (Lipinski definition) is 0. The average molecular weight is 292 g/mol. The zero-order chi connectivity index (χ0) is 13.1. The number of halogens is 1. The van der Waals surface area contributed by atoms with Gasteiger partial charge in [-0.05, 0) is 23.3 Å². The van der Waals surface area contributed by atoms with E-state index < -0.39 is 0 Å². The molecule has 0 unspecified atom stereocenters. The van der Waals surface area contributed by atoms with E-state index >= 15 is 0 Å². The maximum atomic E-state index is 5.90. The highest BCUT2D eigenvalue weighted by Crippen LogP contribution is 2.35. The highest BCUT2D eigenvalue weighted by molar-refractivity contribution is 7.92. The second-order valence-corrected chi connectivity index (χ2v) is 5.81. The van der Waals surface area contributed by atoms with Crippen molar-refractivity contribution in [1.82, 2.24) is 4.31 Å². The summed E-state index contributed by atoms with van der Waals surface area (Å²) in [6.07, 6.45) is 0.117. The third-order valence-corrected chi connectivity index (χ3v) is 4.14. The van der Waals surface area contributed by atoms with E-state index in [2.05, 4.69) is 28.6 Å². The normalized spacial score (nSPS) is 19.7. The lowest BCUT2D eigenvalue weighted by atomic mass is 10.1. The first kappa shape index (κ1) is 13.0. The molecule has 4 heteroatoms. The molecular formula is C15H14ClNOS. The fourth-order valence-electron chi connectivity index (χ4n) is 2.07. The van der Waals surface area contributed by atoms with Crippen molar-refractivity contribution in [2.75, 3.05) is 6.54 Å². The summed E-state index contributed by atoms with van der Waals surface area (Å²) in [5.41, 5.74) is 2.47. The Balaban J connectivity index is 1.62. The van der Waals surface area contributed by atoms with Gasteiger partial charge in [0.2, 0.25) is 0 Å². The lowest BCUT2D eigenvalue weighted by Crippen LogP contribution is -2.14. The molecule has 0 spiro atoms. The van der Waals surface area contributed by atoms with Crippen LogP contribution in [0.15, 0.2) is 54.6 Å². The van der Waals surface area contributed by atoms with Crippen LogP contribution in [0.2, 0.25) is 5.02 Å². The first-order chi connectivity index (χ1) is 9.31. The van der Waals surface area contributed by atoms with Crippen molar-refractivity contribution >= 4 is 23.8 Å². The largest absolute Gasteiger partial charge is 0.291 e. The molecule has 0 saturated carbocycles. The molecule has 0 aliphatic carbocycles. The topological polar surface area (TPSA) is 12.5 Å². The van der Waals surface area contributed by atoms with Gasteiger partial charge in [0.25, 0.3) is 0 Å². The molecule has 1 aliphatic rings. The van der Waals surface area contributed by atoms with E-state index in [-0.39, 0.29) is 6.10 Å². The van der Waals surface area contributed by atoms with Crippen LogP contribution in [0.25, 0.3) is 0 Å². The van der Waals surface area contributed by atoms with Crippen LogP contribution < -0.4 is 0 Å². The van der Waals surface area contributed by atoms with Gasteiger partial charge < -0.3 is 0 Å². The number of nitrogens with zero attached hydrogens (tertiary/aromatic N) is 1. The second-order valence-electron chi connectivity index (χ2n) is 4.52. The predicted molar refractivity (Wildman–Crippen MR) is 79.7 cm³/mol. The molecule has 0 radical (unpaired) electrons. The minimum Gasteiger partial charge on any atom is -0.291 e. The highest BCUT2D eigenvalue weighted by Gasteiger charge is 2.26. The van der Waals surface area contributed by atoms with Crippen molar-refractivity contribution in [2.24, 2.45) is 0 Å². The summed E-state index contributed by atoms with van der Waals surface area (Å²) < 4.78 is 7.99. The molecule has 0 amide bonds. The molecule has 1 atom stereocenters. The molecule has 1 heterocycles. The van der Waals surface area contributed by atoms with Gasteiger partial charge in [-0.3, -0.25) is 4.18 Å². The van der Waals surface area contributed by atoms with Gasteiger partial charge in [-0.2, -0.15) is 0 Å². The van der Waals surface area contributed by atoms with Crippen LogP contribution >= 0.6 is 23.8 Å². The summed E-state index contributed by atoms with van der Waals surface area (Å²) >= 11 is 7.34. The van der Waals surface area contributed by atoms with Crippen LogP contribution in [0.3, 0.4) is 0 Å². The SMILES string of the molecule is Clc1ccc([C@H]2CN(Cc3ccccc3)SO2)cc1. The van der Waals surface area contributed by atoms with E-state index in [0.29, 0.717) is 0 Å². The summed E-state index contributed by atoms with van der Waals surface area (Å²) in [7, 11) is 0. The Labute approximate surface area is 122 Å². The summed E-state index contributed by atoms with van der Waals surface area (Å²) in [5.74, 6) is 0. The zero-order valence-electron chi connectivity index (χ0n) is 10.3. The van der Waals surface area contributed by atoms with Gasteiger partial charge in [0.15, 0.2) is 0 Å². The van der Waals surface area contributed by atoms with Gasteiger partial charge in [0, 0.05) is 18.1 Å². The van der Waals surface area contributed by atoms with Crippen LogP contribution in [0.1, 0.15) is 17.2 Å². The summed E-state index contributed by atoms with van der Waals surface area (Å²) in [4.78, 5) is 0. The molecule has 3 rings (SSSR count). The first-order valence-corrected chi connectivity index (χ1v) is 7.27. The molecule has 1 fully saturated rings. The van der Waals surface area contributed by atoms with Gasteiger partial charge in [-0.15, -0.1) is 0 Å². The third-order valence-electron chi connectivity index (χ3n) is 3.08. The van der Waals surface area contributed by atoms with Crippen LogP contribution in [0.4, 0.5) is 0 Å². The Hall–Kier alpha value is -1.00. The number of benzene rings is 2. The van der Waals surface area contributed by atoms with Gasteiger partial charge in [0.05, 0.1) is 12.2 Å². The van der Waals surface area contributed by atoms with E-state index in [0.717, 1.165) is 18.1 Å². The molecule has 2 nitrogen and oxygen atoms in total. The number of rotatable bonds is 3. The van der Waals surface area contributed by atoms with Crippen molar-refractivity contribution in [3.8, 4) is 0 Å². The molecule has 98 valence electrons. The quantitative estimate of drug-likeness (QED) is 0.611. The smallest absolute Gasteiger partial charge is 0.112 e. The lowest BCUT2D eigenvalue weighted by molar-refractivity contribution is 0.267. The van der Waals surface area contributed by atoms with Gasteiger partial charge in [-0.25, -0.2) is 4.31 Å². The molecule has 0 aromatic heterocycles. The van der Waals surface area contributed by atoms with E-state index in [1.54, 1.807) is 0 Å². The average Bonchev–Trinajstić information content (AvgIpc) is 2.89. The van der Waals surface area contributed by atoms with Crippen molar-refractivity contribution in [2.45, 2.75) is 12.6 Å². The Morgan fingerprint density at radius 2 is 1.84 bits per heavy atom. The summed E-state index contributed by atoms with van der Waals surface area (Å²) in [6, 6.07) is 18.3. The fourth-order valence-corrected chi connectivity index (χ4v) is 3.00. The lowest BCUT2D eigenvalue weighted by Gasteiger charge is -2.11. The van der Waals surface area contributed by atoms with Gasteiger partial charge in [0.1, 0.15) is 6.10 Å². The molecule has 0 N–H and O–H groups in total. The van der Waals surface area contributed by atoms with E-state index in [1.807, 2.05) is 30.3 Å². The van der Waals surface area contributed by atoms with E-state index in [4.69, 9.17) is 15.8 Å². The Kier molecular flexibility index (Phi) is 4.09. The Morgan fingerprint density at radius 3 is 2.58 bits per heavy atom. The van der Waals surface area contributed by atoms with Crippen molar-refractivity contribution < 1.29 is 4.18 Å². The standard InChI is InChI=1S/C15H14ClNOS/c16-14-8-6-13(7-9-14)15-11-17(19-18-15)10-12-4-2-1-3-5-12/h1-9,15H,10-11H2/t15-/m1/s1. The Morgan fingerprint density at radius 1 is 1.11 bits per heavy atom. The predicted octanol–water partition coefficient (Wildman–Crippen LogP) is 4.48. The van der Waals surface area contributed by atoms with Gasteiger partial charge >= 0.3 is 0 Å². The fraction of sp³-hybridized carbons (Fsp3) is 0.200. The van der Waals surface area contributed by atoms with Crippen molar-refractivity contribution in [3.05, 3.63) is 70.7 Å². The molecule has 1 saturated heterocycles. The zero-order valence-corrected chi connectivity index (χ0v) is 11.9. The molecule has 19 heavy (non-hydrogen) atoms. The van der Waals surface area contributed by atoms with Crippen LogP contribution in [-0.2, 0) is 10.7 Å². The molecule has 0 bridgehead atoms. The van der Waals surface area contributed by atoms with E-state index in [9.17, 15) is 0 Å². The van der Waals surface area contributed by atoms with Crippen LogP contribution in [0.5, 0.6) is 0 Å². The monoisotopic (exact) mass is 291 g/mol. The van der Waals surface area contributed by atoms with Crippen molar-refractivity contribution in [1.29, 1.82) is 0 Å². The van der Waals surface area contributed by atoms with Gasteiger partial charge in [-0.1, -0.05) is 54.1 Å². The maximum absolute atomic E-state index is 5.90. The van der Waals surface area contributed by atoms with Crippen LogP contribution in [0, 0.1) is 0 Å². The van der Waals surface area contributed by atoms with Crippen molar-refractivity contribution in [3.63, 3.8) is 0 Å². The molecule has 2 aromatic carbocycles. The number of hydrogen-bond acceptors (Lipinski definition) is 3. The second kappa shape index (κ2) is 5.97. The minimum atomic E-state index is 0.117. The highest BCUT2D eigenvalue weighted by atomic mass is 35.5. The third kappa shape index (κ3) is 3.31. The minimum absolute atomic E-state index is 0.117. The first-order valence-electron chi connectivity index (χ1n) is 6.19. The molecule has 1 aliphatic heterocycles. The summed E-state index contributed by atoms with van der Waals surface area (Å²) in [6.45, 7) is 1.79. The maximum Gasteiger partial charge on any atom is 0.112 e. The van der Waals surface area contributed by atoms with Crippen LogP contribution in [-0.4, -0.2) is 10.8 Å². The Bertz CT molecular complexity index is 532. The molecule has 2 aromatic rings. The van der Waals surface area contributed by atoms with E-state index in [1.165, 1.54) is 23.4 Å².